The van der Waals surface area contributed by atoms with Gasteiger partial charge in [0.25, 0.3) is 5.91 Å². The van der Waals surface area contributed by atoms with Crippen LogP contribution in [0.2, 0.25) is 0 Å². The Kier molecular flexibility index (Phi) is 7.13. The zero-order chi connectivity index (χ0) is 24.9. The summed E-state index contributed by atoms with van der Waals surface area (Å²) in [6.07, 6.45) is 0.649. The molecule has 0 unspecified atom stereocenters. The molecule has 1 aliphatic rings. The first-order valence-corrected chi connectivity index (χ1v) is 12.8. The minimum Gasteiger partial charge on any atom is -0.497 e. The van der Waals surface area contributed by atoms with E-state index < -0.39 is 0 Å². The Labute approximate surface area is 214 Å². The molecule has 4 aromatic rings. The van der Waals surface area contributed by atoms with Gasteiger partial charge < -0.3 is 9.30 Å². The maximum absolute atomic E-state index is 13.5. The molecule has 0 aliphatic carbocycles. The van der Waals surface area contributed by atoms with Crippen LogP contribution in [0.5, 0.6) is 5.75 Å². The van der Waals surface area contributed by atoms with Crippen LogP contribution in [0.4, 0.5) is 0 Å². The molecule has 0 bridgehead atoms. The quantitative estimate of drug-likeness (QED) is 0.316. The molecule has 2 heterocycles. The van der Waals surface area contributed by atoms with Gasteiger partial charge >= 0.3 is 0 Å². The largest absolute Gasteiger partial charge is 0.497 e. The second kappa shape index (κ2) is 10.8. The normalized spacial score (nSPS) is 15.1. The van der Waals surface area contributed by atoms with Crippen molar-refractivity contribution in [3.63, 3.8) is 0 Å². The molecular formula is C28H27N5O2S. The van der Waals surface area contributed by atoms with Gasteiger partial charge in [-0.3, -0.25) is 4.79 Å². The third kappa shape index (κ3) is 5.18. The summed E-state index contributed by atoms with van der Waals surface area (Å²) in [6.45, 7) is 2.59. The van der Waals surface area contributed by atoms with Gasteiger partial charge in [0.05, 0.1) is 31.2 Å². The summed E-state index contributed by atoms with van der Waals surface area (Å²) in [5.41, 5.74) is 4.10. The first-order valence-electron chi connectivity index (χ1n) is 11.8. The first kappa shape index (κ1) is 23.8. The lowest BCUT2D eigenvalue weighted by atomic mass is 9.98. The second-order valence-electron chi connectivity index (χ2n) is 8.53. The topological polar surface area (TPSA) is 72.6 Å². The monoisotopic (exact) mass is 497 g/mol. The fraction of sp³-hybridized carbons (Fsp3) is 0.214. The van der Waals surface area contributed by atoms with Crippen LogP contribution >= 0.6 is 11.8 Å². The number of carbonyl (C=O) groups is 1. The molecule has 0 N–H and O–H groups in total. The molecule has 36 heavy (non-hydrogen) atoms. The van der Waals surface area contributed by atoms with Gasteiger partial charge in [-0.25, -0.2) is 5.01 Å². The summed E-state index contributed by atoms with van der Waals surface area (Å²) in [5.74, 6) is 1.74. The molecule has 8 heteroatoms. The van der Waals surface area contributed by atoms with Gasteiger partial charge in [-0.15, -0.1) is 10.2 Å². The van der Waals surface area contributed by atoms with Crippen LogP contribution in [0.1, 0.15) is 35.0 Å². The zero-order valence-electron chi connectivity index (χ0n) is 20.2. The lowest BCUT2D eigenvalue weighted by molar-refractivity contribution is -0.130. The van der Waals surface area contributed by atoms with Gasteiger partial charge in [0.2, 0.25) is 0 Å². The Morgan fingerprint density at radius 3 is 2.36 bits per heavy atom. The number of aryl methyl sites for hydroxylation is 1. The lowest BCUT2D eigenvalue weighted by Crippen LogP contribution is -2.28. The number of ether oxygens (including phenoxy) is 1. The van der Waals surface area contributed by atoms with E-state index >= 15 is 0 Å². The summed E-state index contributed by atoms with van der Waals surface area (Å²) in [7, 11) is 1.65. The number of nitrogens with zero attached hydrogens (tertiary/aromatic N) is 5. The molecule has 0 spiro atoms. The number of amides is 1. The van der Waals surface area contributed by atoms with E-state index in [1.165, 1.54) is 11.8 Å². The van der Waals surface area contributed by atoms with Crippen molar-refractivity contribution < 1.29 is 9.53 Å². The van der Waals surface area contributed by atoms with E-state index in [2.05, 4.69) is 22.3 Å². The summed E-state index contributed by atoms with van der Waals surface area (Å²) in [6, 6.07) is 27.8. The van der Waals surface area contributed by atoms with Crippen LogP contribution in [0.25, 0.3) is 0 Å². The first-order chi connectivity index (χ1) is 17.6. The molecule has 7 nitrogen and oxygen atoms in total. The van der Waals surface area contributed by atoms with E-state index in [0.29, 0.717) is 13.0 Å². The van der Waals surface area contributed by atoms with E-state index in [9.17, 15) is 4.79 Å². The highest BCUT2D eigenvalue weighted by atomic mass is 32.2. The maximum atomic E-state index is 13.5. The minimum absolute atomic E-state index is 0.0707. The van der Waals surface area contributed by atoms with Crippen molar-refractivity contribution in [2.24, 2.45) is 5.10 Å². The van der Waals surface area contributed by atoms with Crippen LogP contribution in [0.15, 0.2) is 95.2 Å². The number of rotatable bonds is 8. The molecule has 1 aromatic heterocycles. The van der Waals surface area contributed by atoms with Crippen molar-refractivity contribution in [1.29, 1.82) is 0 Å². The third-order valence-corrected chi connectivity index (χ3v) is 7.14. The molecule has 1 atom stereocenters. The Hall–Kier alpha value is -3.91. The Bertz CT molecular complexity index is 1350. The number of hydrogen-bond acceptors (Lipinski definition) is 6. The predicted molar refractivity (Wildman–Crippen MR) is 141 cm³/mol. The molecule has 1 amide bonds. The number of hydrogen-bond donors (Lipinski definition) is 0. The van der Waals surface area contributed by atoms with E-state index in [0.717, 1.165) is 39.1 Å². The highest BCUT2D eigenvalue weighted by Gasteiger charge is 2.33. The van der Waals surface area contributed by atoms with E-state index in [-0.39, 0.29) is 17.7 Å². The highest BCUT2D eigenvalue weighted by molar-refractivity contribution is 7.99. The molecule has 0 radical (unpaired) electrons. The van der Waals surface area contributed by atoms with E-state index in [1.807, 2.05) is 84.3 Å². The van der Waals surface area contributed by atoms with Crippen LogP contribution < -0.4 is 4.74 Å². The third-order valence-electron chi connectivity index (χ3n) is 6.18. The summed E-state index contributed by atoms with van der Waals surface area (Å²) >= 11 is 1.39. The minimum atomic E-state index is -0.178. The van der Waals surface area contributed by atoms with Crippen molar-refractivity contribution in [3.8, 4) is 5.75 Å². The molecule has 0 saturated heterocycles. The van der Waals surface area contributed by atoms with Gasteiger partial charge in [0, 0.05) is 6.42 Å². The van der Waals surface area contributed by atoms with Gasteiger partial charge in [-0.1, -0.05) is 84.6 Å². The van der Waals surface area contributed by atoms with Gasteiger partial charge in [-0.05, 0) is 35.7 Å². The fourth-order valence-corrected chi connectivity index (χ4v) is 5.08. The maximum Gasteiger partial charge on any atom is 0.253 e. The molecule has 182 valence electrons. The standard InChI is InChI=1S/C28H27N5O2S/c1-20-29-30-28(32(20)18-21-9-5-3-6-10-21)36-19-27(34)33-26(23-13-15-24(35-2)16-14-23)17-25(31-33)22-11-7-4-8-12-22/h3-16,26H,17-19H2,1-2H3/t26-/m1/s1. The lowest BCUT2D eigenvalue weighted by Gasteiger charge is -2.22. The Balaban J connectivity index is 1.36. The van der Waals surface area contributed by atoms with Crippen LogP contribution in [0.3, 0.4) is 0 Å². The van der Waals surface area contributed by atoms with Crippen LogP contribution in [-0.4, -0.2) is 44.3 Å². The average molecular weight is 498 g/mol. The smallest absolute Gasteiger partial charge is 0.253 e. The average Bonchev–Trinajstić information content (AvgIpc) is 3.53. The van der Waals surface area contributed by atoms with E-state index in [1.54, 1.807) is 12.1 Å². The van der Waals surface area contributed by atoms with Gasteiger partial charge in [0.15, 0.2) is 5.16 Å². The van der Waals surface area contributed by atoms with Crippen molar-refractivity contribution in [2.45, 2.75) is 31.1 Å². The molecule has 0 saturated carbocycles. The number of thioether (sulfide) groups is 1. The predicted octanol–water partition coefficient (Wildman–Crippen LogP) is 5.11. The van der Waals surface area contributed by atoms with Crippen molar-refractivity contribution in [2.75, 3.05) is 12.9 Å². The van der Waals surface area contributed by atoms with Crippen LogP contribution in [-0.2, 0) is 11.3 Å². The zero-order valence-corrected chi connectivity index (χ0v) is 21.1. The van der Waals surface area contributed by atoms with Gasteiger partial charge in [0.1, 0.15) is 11.6 Å². The molecule has 5 rings (SSSR count). The summed E-state index contributed by atoms with van der Waals surface area (Å²) in [5, 5.41) is 15.7. The Morgan fingerprint density at radius 1 is 0.972 bits per heavy atom. The fourth-order valence-electron chi connectivity index (χ4n) is 4.24. The molecule has 0 fully saturated rings. The highest BCUT2D eigenvalue weighted by Crippen LogP contribution is 2.34. The Morgan fingerprint density at radius 2 is 1.67 bits per heavy atom. The number of carbonyl (C=O) groups excluding carboxylic acids is 1. The summed E-state index contributed by atoms with van der Waals surface area (Å²) < 4.78 is 7.35. The number of hydrazone groups is 1. The number of benzene rings is 3. The van der Waals surface area contributed by atoms with Crippen LogP contribution in [0, 0.1) is 6.92 Å². The molecule has 1 aliphatic heterocycles. The van der Waals surface area contributed by atoms with E-state index in [4.69, 9.17) is 9.84 Å². The number of methoxy groups -OCH3 is 1. The SMILES string of the molecule is COc1ccc([C@H]2CC(c3ccccc3)=NN2C(=O)CSc2nnc(C)n2Cc2ccccc2)cc1. The second-order valence-corrected chi connectivity index (χ2v) is 9.48. The van der Waals surface area contributed by atoms with Crippen molar-refractivity contribution in [3.05, 3.63) is 107 Å². The van der Waals surface area contributed by atoms with Crippen molar-refractivity contribution in [1.82, 2.24) is 19.8 Å². The summed E-state index contributed by atoms with van der Waals surface area (Å²) in [4.78, 5) is 13.5. The molecular weight excluding hydrogens is 470 g/mol. The van der Waals surface area contributed by atoms with Crippen molar-refractivity contribution >= 4 is 23.4 Å². The number of aromatic nitrogens is 3. The van der Waals surface area contributed by atoms with Gasteiger partial charge in [-0.2, -0.15) is 5.10 Å². The molecule has 3 aromatic carbocycles.